The van der Waals surface area contributed by atoms with Crippen LogP contribution in [0.2, 0.25) is 0 Å². The first-order chi connectivity index (χ1) is 10.2. The molecular formula is C17H23N3O. The molecule has 0 saturated heterocycles. The summed E-state index contributed by atoms with van der Waals surface area (Å²) in [4.78, 5) is 0. The monoisotopic (exact) mass is 285 g/mol. The minimum atomic E-state index is 0.0651. The summed E-state index contributed by atoms with van der Waals surface area (Å²) in [5, 5.41) is 12.0. The van der Waals surface area contributed by atoms with Crippen LogP contribution in [0.4, 0.5) is 0 Å². The number of nitrogens with zero attached hydrogens (tertiary/aromatic N) is 2. The highest BCUT2D eigenvalue weighted by Gasteiger charge is 2.20. The Morgan fingerprint density at radius 2 is 1.90 bits per heavy atom. The number of hydrogen-bond acceptors (Lipinski definition) is 4. The zero-order chi connectivity index (χ0) is 15.2. The second-order valence-electron chi connectivity index (χ2n) is 5.16. The molecule has 4 heteroatoms. The van der Waals surface area contributed by atoms with Gasteiger partial charge in [-0.25, -0.2) is 0 Å². The molecule has 112 valence electrons. The summed E-state index contributed by atoms with van der Waals surface area (Å²) < 4.78 is 5.52. The Labute approximate surface area is 126 Å². The van der Waals surface area contributed by atoms with Gasteiger partial charge in [-0.1, -0.05) is 25.1 Å². The van der Waals surface area contributed by atoms with E-state index in [1.807, 2.05) is 32.0 Å². The third-order valence-corrected chi connectivity index (χ3v) is 3.50. The quantitative estimate of drug-likeness (QED) is 0.885. The molecule has 0 aliphatic heterocycles. The van der Waals surface area contributed by atoms with E-state index < -0.39 is 0 Å². The van der Waals surface area contributed by atoms with Crippen LogP contribution in [0.3, 0.4) is 0 Å². The van der Waals surface area contributed by atoms with Crippen molar-refractivity contribution in [2.45, 2.75) is 33.2 Å². The Bertz CT molecular complexity index is 598. The molecule has 0 aliphatic rings. The molecule has 0 saturated carbocycles. The summed E-state index contributed by atoms with van der Waals surface area (Å²) in [7, 11) is 1.71. The molecule has 21 heavy (non-hydrogen) atoms. The predicted molar refractivity (Wildman–Crippen MR) is 84.6 cm³/mol. The first-order valence-corrected chi connectivity index (χ1v) is 7.34. The molecule has 2 aromatic rings. The molecule has 1 aromatic carbocycles. The maximum absolute atomic E-state index is 5.52. The topological polar surface area (TPSA) is 47.0 Å². The van der Waals surface area contributed by atoms with E-state index in [9.17, 15) is 0 Å². The van der Waals surface area contributed by atoms with E-state index in [0.29, 0.717) is 0 Å². The molecule has 1 unspecified atom stereocenters. The van der Waals surface area contributed by atoms with Crippen molar-refractivity contribution < 1.29 is 4.74 Å². The van der Waals surface area contributed by atoms with E-state index in [1.165, 1.54) is 0 Å². The Morgan fingerprint density at radius 3 is 2.62 bits per heavy atom. The van der Waals surface area contributed by atoms with Crippen molar-refractivity contribution in [3.8, 4) is 5.75 Å². The number of hydrogen-bond donors (Lipinski definition) is 1. The summed E-state index contributed by atoms with van der Waals surface area (Å²) >= 11 is 0. The lowest BCUT2D eigenvalue weighted by Gasteiger charge is -2.23. The number of benzene rings is 1. The molecule has 1 aromatic heterocycles. The van der Waals surface area contributed by atoms with Crippen molar-refractivity contribution >= 4 is 0 Å². The van der Waals surface area contributed by atoms with E-state index in [4.69, 9.17) is 4.74 Å². The lowest BCUT2D eigenvalue weighted by Crippen LogP contribution is -2.25. The predicted octanol–water partition coefficient (Wildman–Crippen LogP) is 3.19. The first-order valence-electron chi connectivity index (χ1n) is 7.34. The van der Waals surface area contributed by atoms with E-state index >= 15 is 0 Å². The maximum atomic E-state index is 5.52. The van der Waals surface area contributed by atoms with Crippen LogP contribution in [0.15, 0.2) is 30.3 Å². The smallest absolute Gasteiger partial charge is 0.123 e. The van der Waals surface area contributed by atoms with Gasteiger partial charge in [-0.15, -0.1) is 0 Å². The van der Waals surface area contributed by atoms with Crippen molar-refractivity contribution in [1.29, 1.82) is 0 Å². The Hall–Kier alpha value is -1.94. The van der Waals surface area contributed by atoms with Crippen LogP contribution in [0.1, 0.15) is 41.9 Å². The first kappa shape index (κ1) is 15.4. The van der Waals surface area contributed by atoms with Gasteiger partial charge in [-0.3, -0.25) is 0 Å². The highest BCUT2D eigenvalue weighted by molar-refractivity contribution is 5.42. The second-order valence-corrected chi connectivity index (χ2v) is 5.16. The molecule has 4 nitrogen and oxygen atoms in total. The van der Waals surface area contributed by atoms with E-state index in [0.717, 1.165) is 41.2 Å². The Morgan fingerprint density at radius 1 is 1.14 bits per heavy atom. The molecule has 0 spiro atoms. The highest BCUT2D eigenvalue weighted by atomic mass is 16.5. The van der Waals surface area contributed by atoms with Gasteiger partial charge in [0.15, 0.2) is 0 Å². The summed E-state index contributed by atoms with van der Waals surface area (Å²) in [5.41, 5.74) is 4.15. The SMILES string of the molecule is CCCNC(c1ccccc1OC)c1cc(C)nnc1C. The lowest BCUT2D eigenvalue weighted by molar-refractivity contribution is 0.403. The van der Waals surface area contributed by atoms with Crippen LogP contribution in [0.25, 0.3) is 0 Å². The number of para-hydroxylation sites is 1. The molecule has 0 aliphatic carbocycles. The highest BCUT2D eigenvalue weighted by Crippen LogP contribution is 2.31. The van der Waals surface area contributed by atoms with Crippen LogP contribution in [0, 0.1) is 13.8 Å². The summed E-state index contributed by atoms with van der Waals surface area (Å²) in [5.74, 6) is 0.889. The minimum Gasteiger partial charge on any atom is -0.496 e. The summed E-state index contributed by atoms with van der Waals surface area (Å²) in [6, 6.07) is 10.3. The van der Waals surface area contributed by atoms with Crippen molar-refractivity contribution in [3.63, 3.8) is 0 Å². The van der Waals surface area contributed by atoms with Crippen LogP contribution >= 0.6 is 0 Å². The normalized spacial score (nSPS) is 12.2. The van der Waals surface area contributed by atoms with E-state index in [-0.39, 0.29) is 6.04 Å². The number of nitrogens with one attached hydrogen (secondary N) is 1. The van der Waals surface area contributed by atoms with E-state index in [1.54, 1.807) is 7.11 Å². The van der Waals surface area contributed by atoms with Gasteiger partial charge in [0.05, 0.1) is 24.5 Å². The zero-order valence-corrected chi connectivity index (χ0v) is 13.2. The molecule has 0 radical (unpaired) electrons. The average Bonchev–Trinajstić information content (AvgIpc) is 2.51. The van der Waals surface area contributed by atoms with Gasteiger partial charge < -0.3 is 10.1 Å². The number of ether oxygens (including phenoxy) is 1. The molecule has 2 rings (SSSR count). The van der Waals surface area contributed by atoms with E-state index in [2.05, 4.69) is 34.6 Å². The van der Waals surface area contributed by atoms with Crippen LogP contribution in [-0.4, -0.2) is 23.9 Å². The fourth-order valence-electron chi connectivity index (χ4n) is 2.44. The van der Waals surface area contributed by atoms with Crippen molar-refractivity contribution in [1.82, 2.24) is 15.5 Å². The Balaban J connectivity index is 2.49. The maximum Gasteiger partial charge on any atom is 0.123 e. The fourth-order valence-corrected chi connectivity index (χ4v) is 2.44. The van der Waals surface area contributed by atoms with Gasteiger partial charge in [0.25, 0.3) is 0 Å². The van der Waals surface area contributed by atoms with Gasteiger partial charge in [0.1, 0.15) is 5.75 Å². The molecule has 0 fully saturated rings. The largest absolute Gasteiger partial charge is 0.496 e. The number of rotatable bonds is 6. The number of methoxy groups -OCH3 is 1. The molecule has 1 atom stereocenters. The molecule has 1 heterocycles. The van der Waals surface area contributed by atoms with Gasteiger partial charge in [0.2, 0.25) is 0 Å². The summed E-state index contributed by atoms with van der Waals surface area (Å²) in [6.07, 6.45) is 1.07. The second kappa shape index (κ2) is 7.18. The van der Waals surface area contributed by atoms with Gasteiger partial charge >= 0.3 is 0 Å². The average molecular weight is 285 g/mol. The van der Waals surface area contributed by atoms with Gasteiger partial charge in [-0.05, 0) is 44.5 Å². The van der Waals surface area contributed by atoms with Crippen molar-refractivity contribution in [2.24, 2.45) is 0 Å². The third kappa shape index (κ3) is 3.58. The van der Waals surface area contributed by atoms with Crippen LogP contribution in [-0.2, 0) is 0 Å². The van der Waals surface area contributed by atoms with Crippen LogP contribution in [0.5, 0.6) is 5.75 Å². The number of aromatic nitrogens is 2. The lowest BCUT2D eigenvalue weighted by atomic mass is 9.96. The fraction of sp³-hybridized carbons (Fsp3) is 0.412. The number of aryl methyl sites for hydroxylation is 2. The van der Waals surface area contributed by atoms with Crippen molar-refractivity contribution in [2.75, 3.05) is 13.7 Å². The van der Waals surface area contributed by atoms with Gasteiger partial charge in [-0.2, -0.15) is 10.2 Å². The van der Waals surface area contributed by atoms with Gasteiger partial charge in [0, 0.05) is 5.56 Å². The molecule has 0 bridgehead atoms. The molecule has 0 amide bonds. The van der Waals surface area contributed by atoms with Crippen LogP contribution < -0.4 is 10.1 Å². The van der Waals surface area contributed by atoms with Crippen molar-refractivity contribution in [3.05, 3.63) is 52.8 Å². The standard InChI is InChI=1S/C17H23N3O/c1-5-10-18-17(14-8-6-7-9-16(14)21-4)15-11-12(2)19-20-13(15)3/h6-9,11,17-18H,5,10H2,1-4H3. The minimum absolute atomic E-state index is 0.0651. The Kier molecular flexibility index (Phi) is 5.28. The summed E-state index contributed by atoms with van der Waals surface area (Å²) in [6.45, 7) is 7.06. The molecule has 1 N–H and O–H groups in total. The third-order valence-electron chi connectivity index (χ3n) is 3.50. The zero-order valence-electron chi connectivity index (χ0n) is 13.2. The molecular weight excluding hydrogens is 262 g/mol.